The lowest BCUT2D eigenvalue weighted by atomic mass is 9.84. The Morgan fingerprint density at radius 3 is 2.44 bits per heavy atom. The van der Waals surface area contributed by atoms with Crippen molar-refractivity contribution in [1.29, 1.82) is 0 Å². The maximum Gasteiger partial charge on any atom is 0.417 e. The number of piperidine rings is 1. The average molecular weight is 481 g/mol. The fourth-order valence-corrected chi connectivity index (χ4v) is 4.93. The second-order valence-corrected chi connectivity index (χ2v) is 9.35. The van der Waals surface area contributed by atoms with Gasteiger partial charge in [0.15, 0.2) is 5.17 Å². The summed E-state index contributed by atoms with van der Waals surface area (Å²) in [6.45, 7) is 2.70. The first-order valence-electron chi connectivity index (χ1n) is 9.99. The van der Waals surface area contributed by atoms with Crippen molar-refractivity contribution < 1.29 is 23.1 Å². The summed E-state index contributed by atoms with van der Waals surface area (Å²) in [6.07, 6.45) is -2.40. The van der Waals surface area contributed by atoms with E-state index in [1.807, 2.05) is 36.1 Å². The number of likely N-dealkylation sites (tertiary alicyclic amines) is 1. The molecule has 2 heterocycles. The van der Waals surface area contributed by atoms with Crippen molar-refractivity contribution in [2.24, 2.45) is 4.99 Å². The van der Waals surface area contributed by atoms with Gasteiger partial charge in [0.05, 0.1) is 21.1 Å². The number of amides is 1. The lowest BCUT2D eigenvalue weighted by Gasteiger charge is -2.39. The molecule has 2 aromatic carbocycles. The molecule has 0 saturated carbocycles. The molecule has 2 aliphatic heterocycles. The molecule has 9 heteroatoms. The Morgan fingerprint density at radius 2 is 1.81 bits per heavy atom. The van der Waals surface area contributed by atoms with Crippen LogP contribution in [0.1, 0.15) is 35.1 Å². The van der Waals surface area contributed by atoms with Crippen molar-refractivity contribution >= 4 is 40.5 Å². The lowest BCUT2D eigenvalue weighted by molar-refractivity contribution is -0.137. The van der Waals surface area contributed by atoms with E-state index in [9.17, 15) is 23.1 Å². The molecule has 32 heavy (non-hydrogen) atoms. The van der Waals surface area contributed by atoms with E-state index in [-0.39, 0.29) is 24.3 Å². The number of hydrogen-bond acceptors (Lipinski definition) is 4. The number of amidine groups is 1. The van der Waals surface area contributed by atoms with Gasteiger partial charge in [-0.05, 0) is 60.9 Å². The zero-order valence-electron chi connectivity index (χ0n) is 17.1. The van der Waals surface area contributed by atoms with E-state index in [0.717, 1.165) is 17.2 Å². The highest BCUT2D eigenvalue weighted by atomic mass is 35.5. The van der Waals surface area contributed by atoms with E-state index in [2.05, 4.69) is 4.99 Å². The first kappa shape index (κ1) is 22.9. The predicted molar refractivity (Wildman–Crippen MR) is 120 cm³/mol. The number of halogens is 4. The molecule has 2 aliphatic rings. The van der Waals surface area contributed by atoms with Crippen LogP contribution in [0.3, 0.4) is 0 Å². The number of carbonyl (C=O) groups is 1. The smallest absolute Gasteiger partial charge is 0.385 e. The van der Waals surface area contributed by atoms with Crippen LogP contribution in [0.4, 0.5) is 13.2 Å². The van der Waals surface area contributed by atoms with Gasteiger partial charge in [-0.3, -0.25) is 4.79 Å². The minimum Gasteiger partial charge on any atom is -0.385 e. The predicted octanol–water partition coefficient (Wildman–Crippen LogP) is 5.62. The van der Waals surface area contributed by atoms with Crippen molar-refractivity contribution in [2.45, 2.75) is 31.5 Å². The first-order valence-corrected chi connectivity index (χ1v) is 11.2. The van der Waals surface area contributed by atoms with Crippen LogP contribution >= 0.6 is 23.4 Å². The number of benzene rings is 2. The molecule has 1 saturated heterocycles. The number of rotatable bonds is 2. The van der Waals surface area contributed by atoms with Crippen LogP contribution in [0.15, 0.2) is 52.4 Å². The molecule has 0 bridgehead atoms. The van der Waals surface area contributed by atoms with Crippen molar-refractivity contribution in [3.63, 3.8) is 0 Å². The summed E-state index contributed by atoms with van der Waals surface area (Å²) < 4.78 is 39.6. The Hall–Kier alpha value is -2.29. The van der Waals surface area contributed by atoms with Crippen molar-refractivity contribution in [1.82, 2.24) is 4.90 Å². The molecule has 1 amide bonds. The monoisotopic (exact) mass is 480 g/mol. The van der Waals surface area contributed by atoms with E-state index >= 15 is 0 Å². The van der Waals surface area contributed by atoms with Gasteiger partial charge in [-0.15, -0.1) is 0 Å². The third-order valence-corrected chi connectivity index (χ3v) is 7.03. The summed E-state index contributed by atoms with van der Waals surface area (Å²) in [6, 6.07) is 11.3. The third-order valence-electron chi connectivity index (χ3n) is 5.65. The number of aliphatic imine (C=N–C) groups is 1. The van der Waals surface area contributed by atoms with Crippen LogP contribution in [0, 0.1) is 6.92 Å². The number of alkyl halides is 3. The van der Waals surface area contributed by atoms with Crippen LogP contribution in [0.2, 0.25) is 5.02 Å². The van der Waals surface area contributed by atoms with Crippen LogP contribution in [0.25, 0.3) is 6.08 Å². The topological polar surface area (TPSA) is 52.9 Å². The second kappa shape index (κ2) is 8.57. The van der Waals surface area contributed by atoms with Crippen molar-refractivity contribution in [3.8, 4) is 0 Å². The number of aryl methyl sites for hydroxylation is 1. The maximum absolute atomic E-state index is 13.2. The summed E-state index contributed by atoms with van der Waals surface area (Å²) >= 11 is 6.97. The Labute approximate surface area is 192 Å². The highest BCUT2D eigenvalue weighted by Gasteiger charge is 2.39. The number of nitrogens with zero attached hydrogens (tertiary/aromatic N) is 2. The zero-order valence-corrected chi connectivity index (χ0v) is 18.7. The van der Waals surface area contributed by atoms with E-state index < -0.39 is 22.4 Å². The third kappa shape index (κ3) is 4.72. The van der Waals surface area contributed by atoms with E-state index in [1.54, 1.807) is 6.08 Å². The summed E-state index contributed by atoms with van der Waals surface area (Å²) in [5.74, 6) is -0.320. The summed E-state index contributed by atoms with van der Waals surface area (Å²) in [5.41, 5.74) is -0.154. The lowest BCUT2D eigenvalue weighted by Crippen LogP contribution is -2.44. The molecule has 4 rings (SSSR count). The van der Waals surface area contributed by atoms with Crippen molar-refractivity contribution in [3.05, 3.63) is 74.6 Å². The normalized spacial score (nSPS) is 20.1. The largest absolute Gasteiger partial charge is 0.417 e. The fourth-order valence-electron chi connectivity index (χ4n) is 3.74. The molecule has 168 valence electrons. The van der Waals surface area contributed by atoms with Gasteiger partial charge in [0.2, 0.25) is 0 Å². The number of aliphatic hydroxyl groups is 1. The van der Waals surface area contributed by atoms with Crippen molar-refractivity contribution in [2.75, 3.05) is 13.1 Å². The molecule has 1 fully saturated rings. The molecule has 0 atom stereocenters. The summed E-state index contributed by atoms with van der Waals surface area (Å²) in [4.78, 5) is 18.9. The number of carbonyl (C=O) groups excluding carboxylic acids is 1. The maximum atomic E-state index is 13.2. The van der Waals surface area contributed by atoms with Crippen LogP contribution < -0.4 is 0 Å². The molecular weight excluding hydrogens is 461 g/mol. The van der Waals surface area contributed by atoms with Gasteiger partial charge in [0.25, 0.3) is 5.91 Å². The Morgan fingerprint density at radius 1 is 1.16 bits per heavy atom. The average Bonchev–Trinajstić information content (AvgIpc) is 3.10. The van der Waals surface area contributed by atoms with Crippen LogP contribution in [-0.2, 0) is 16.6 Å². The molecule has 0 aliphatic carbocycles. The molecule has 0 unspecified atom stereocenters. The molecule has 4 nitrogen and oxygen atoms in total. The Balaban J connectivity index is 1.45. The van der Waals surface area contributed by atoms with Gasteiger partial charge < -0.3 is 10.0 Å². The highest BCUT2D eigenvalue weighted by molar-refractivity contribution is 8.18. The van der Waals surface area contributed by atoms with Gasteiger partial charge in [-0.2, -0.15) is 18.2 Å². The highest BCUT2D eigenvalue weighted by Crippen LogP contribution is 2.41. The molecule has 1 N–H and O–H groups in total. The first-order chi connectivity index (χ1) is 15.0. The van der Waals surface area contributed by atoms with Gasteiger partial charge in [-0.1, -0.05) is 47.5 Å². The SMILES string of the molecule is Cc1ccc(/C=C2\SC(N3CCC(O)(c4ccc(Cl)c(C(F)(F)F)c4)CC3)=NC2=O)cc1. The molecule has 0 spiro atoms. The number of thioether (sulfide) groups is 1. The van der Waals surface area contributed by atoms with Gasteiger partial charge in [0, 0.05) is 13.1 Å². The molecule has 2 aromatic rings. The summed E-state index contributed by atoms with van der Waals surface area (Å²) in [7, 11) is 0. The van der Waals surface area contributed by atoms with E-state index in [1.165, 1.54) is 23.9 Å². The minimum atomic E-state index is -4.60. The summed E-state index contributed by atoms with van der Waals surface area (Å²) in [5, 5.41) is 11.2. The van der Waals surface area contributed by atoms with Gasteiger partial charge in [0.1, 0.15) is 0 Å². The molecular formula is C23H20ClF3N2O2S. The van der Waals surface area contributed by atoms with E-state index in [0.29, 0.717) is 23.2 Å². The molecule has 0 radical (unpaired) electrons. The Bertz CT molecular complexity index is 1110. The molecule has 0 aromatic heterocycles. The van der Waals surface area contributed by atoms with Gasteiger partial charge in [-0.25, -0.2) is 0 Å². The second-order valence-electron chi connectivity index (χ2n) is 7.93. The Kier molecular flexibility index (Phi) is 6.13. The van der Waals surface area contributed by atoms with Gasteiger partial charge >= 0.3 is 6.18 Å². The van der Waals surface area contributed by atoms with Crippen LogP contribution in [-0.4, -0.2) is 34.2 Å². The van der Waals surface area contributed by atoms with E-state index in [4.69, 9.17) is 11.6 Å². The zero-order chi connectivity index (χ0) is 23.1. The van der Waals surface area contributed by atoms with Crippen LogP contribution in [0.5, 0.6) is 0 Å². The minimum absolute atomic E-state index is 0.186. The quantitative estimate of drug-likeness (QED) is 0.567. The standard InChI is InChI=1S/C23H20ClF3N2O2S/c1-14-2-4-15(5-3-14)12-19-20(30)28-21(32-19)29-10-8-22(31,9-11-29)16-6-7-18(24)17(13-16)23(25,26)27/h2-7,12-13,31H,8-11H2,1H3/b19-12-. The fraction of sp³-hybridized carbons (Fsp3) is 0.304. The number of hydrogen-bond donors (Lipinski definition) is 1.